The lowest BCUT2D eigenvalue weighted by atomic mass is 10.1. The number of carbonyl (C=O) groups excluding carboxylic acids is 1. The first-order valence-corrected chi connectivity index (χ1v) is 7.04. The molecule has 0 saturated heterocycles. The molecule has 2 aromatic rings. The average Bonchev–Trinajstić information content (AvgIpc) is 2.79. The van der Waals surface area contributed by atoms with Gasteiger partial charge in [0.1, 0.15) is 11.4 Å². The Bertz CT molecular complexity index is 666. The molecule has 1 aromatic heterocycles. The van der Waals surface area contributed by atoms with E-state index in [0.717, 1.165) is 11.3 Å². The van der Waals surface area contributed by atoms with Crippen LogP contribution in [0.3, 0.4) is 0 Å². The minimum absolute atomic E-state index is 0.276. The maximum Gasteiger partial charge on any atom is 0.435 e. The Morgan fingerprint density at radius 3 is 2.32 bits per heavy atom. The van der Waals surface area contributed by atoms with Crippen LogP contribution in [0.4, 0.5) is 16.3 Å². The first-order chi connectivity index (χ1) is 10.2. The van der Waals surface area contributed by atoms with Crippen molar-refractivity contribution in [2.45, 2.75) is 26.4 Å². The van der Waals surface area contributed by atoms with Crippen molar-refractivity contribution >= 4 is 17.6 Å². The Kier molecular flexibility index (Phi) is 4.12. The summed E-state index contributed by atoms with van der Waals surface area (Å²) in [5.41, 5.74) is 7.68. The first-order valence-electron chi connectivity index (χ1n) is 7.04. The molecule has 2 N–H and O–H groups in total. The van der Waals surface area contributed by atoms with Crippen LogP contribution in [0.25, 0.3) is 11.3 Å². The van der Waals surface area contributed by atoms with Gasteiger partial charge in [-0.2, -0.15) is 4.68 Å². The van der Waals surface area contributed by atoms with E-state index in [1.54, 1.807) is 6.07 Å². The van der Waals surface area contributed by atoms with Crippen molar-refractivity contribution in [1.82, 2.24) is 9.78 Å². The van der Waals surface area contributed by atoms with Crippen LogP contribution in [0.2, 0.25) is 0 Å². The van der Waals surface area contributed by atoms with Crippen molar-refractivity contribution < 1.29 is 9.53 Å². The number of aromatic nitrogens is 2. The molecule has 1 heterocycles. The van der Waals surface area contributed by atoms with Gasteiger partial charge in [0.25, 0.3) is 0 Å². The Labute approximate surface area is 130 Å². The largest absolute Gasteiger partial charge is 0.442 e. The Morgan fingerprint density at radius 2 is 1.82 bits per heavy atom. The summed E-state index contributed by atoms with van der Waals surface area (Å²) in [6.07, 6.45) is -0.545. The van der Waals surface area contributed by atoms with Gasteiger partial charge < -0.3 is 15.4 Å². The zero-order chi connectivity index (χ0) is 16.5. The van der Waals surface area contributed by atoms with Crippen LogP contribution in [0, 0.1) is 0 Å². The van der Waals surface area contributed by atoms with Gasteiger partial charge in [0, 0.05) is 31.4 Å². The highest BCUT2D eigenvalue weighted by Gasteiger charge is 2.22. The number of nitrogens with zero attached hydrogens (tertiary/aromatic N) is 3. The number of rotatable bonds is 2. The summed E-state index contributed by atoms with van der Waals surface area (Å²) in [5.74, 6) is 0.276. The van der Waals surface area contributed by atoms with E-state index in [2.05, 4.69) is 5.10 Å². The topological polar surface area (TPSA) is 73.4 Å². The van der Waals surface area contributed by atoms with E-state index in [1.807, 2.05) is 64.0 Å². The summed E-state index contributed by atoms with van der Waals surface area (Å²) < 4.78 is 6.56. The number of hydrogen-bond acceptors (Lipinski definition) is 5. The van der Waals surface area contributed by atoms with Gasteiger partial charge in [0.2, 0.25) is 0 Å². The summed E-state index contributed by atoms with van der Waals surface area (Å²) >= 11 is 0. The Hall–Kier alpha value is -2.50. The second-order valence-corrected chi connectivity index (χ2v) is 6.29. The van der Waals surface area contributed by atoms with Crippen molar-refractivity contribution in [1.29, 1.82) is 0 Å². The molecule has 1 aromatic carbocycles. The van der Waals surface area contributed by atoms with Gasteiger partial charge in [-0.1, -0.05) is 12.1 Å². The van der Waals surface area contributed by atoms with Gasteiger partial charge in [-0.3, -0.25) is 0 Å². The smallest absolute Gasteiger partial charge is 0.435 e. The van der Waals surface area contributed by atoms with Crippen LogP contribution in [0.1, 0.15) is 20.8 Å². The lowest BCUT2D eigenvalue weighted by Crippen LogP contribution is -2.28. The van der Waals surface area contributed by atoms with E-state index in [1.165, 1.54) is 4.68 Å². The zero-order valence-electron chi connectivity index (χ0n) is 13.6. The van der Waals surface area contributed by atoms with Crippen LogP contribution in [-0.4, -0.2) is 35.6 Å². The molecule has 2 rings (SSSR count). The first kappa shape index (κ1) is 15.9. The van der Waals surface area contributed by atoms with Gasteiger partial charge >= 0.3 is 6.09 Å². The summed E-state index contributed by atoms with van der Waals surface area (Å²) in [7, 11) is 3.94. The van der Waals surface area contributed by atoms with Gasteiger partial charge in [-0.05, 0) is 32.9 Å². The molecule has 0 amide bonds. The van der Waals surface area contributed by atoms with Crippen molar-refractivity contribution in [3.63, 3.8) is 0 Å². The van der Waals surface area contributed by atoms with Crippen molar-refractivity contribution in [3.05, 3.63) is 30.3 Å². The van der Waals surface area contributed by atoms with E-state index in [0.29, 0.717) is 5.69 Å². The molecule has 6 heteroatoms. The number of nitrogen functional groups attached to an aromatic ring is 1. The second-order valence-electron chi connectivity index (χ2n) is 6.29. The Morgan fingerprint density at radius 1 is 1.23 bits per heavy atom. The van der Waals surface area contributed by atoms with E-state index in [4.69, 9.17) is 10.5 Å². The summed E-state index contributed by atoms with van der Waals surface area (Å²) in [6, 6.07) is 9.45. The standard InChI is InChI=1S/C16H22N4O2/c1-16(2,3)22-15(21)20-13(10-14(17)18-20)11-6-8-12(9-7-11)19(4)5/h6-10H,1-5H3,(H2,17,18). The molecule has 0 aliphatic heterocycles. The van der Waals surface area contributed by atoms with Crippen LogP contribution >= 0.6 is 0 Å². The number of nitrogens with two attached hydrogens (primary N) is 1. The molecule has 0 saturated carbocycles. The molecule has 0 spiro atoms. The van der Waals surface area contributed by atoms with Crippen LogP contribution < -0.4 is 10.6 Å². The Balaban J connectivity index is 2.37. The SMILES string of the molecule is CN(C)c1ccc(-c2cc(N)nn2C(=O)OC(C)(C)C)cc1. The van der Waals surface area contributed by atoms with Gasteiger partial charge in [0.15, 0.2) is 0 Å². The second kappa shape index (κ2) is 5.71. The third-order valence-electron chi connectivity index (χ3n) is 2.97. The molecule has 118 valence electrons. The molecule has 0 aliphatic carbocycles. The minimum Gasteiger partial charge on any atom is -0.442 e. The molecule has 22 heavy (non-hydrogen) atoms. The van der Waals surface area contributed by atoms with Gasteiger partial charge in [0.05, 0.1) is 5.69 Å². The molecule has 0 atom stereocenters. The summed E-state index contributed by atoms with van der Waals surface area (Å²) in [5, 5.41) is 4.04. The lowest BCUT2D eigenvalue weighted by Gasteiger charge is -2.19. The fraction of sp³-hybridized carbons (Fsp3) is 0.375. The lowest BCUT2D eigenvalue weighted by molar-refractivity contribution is 0.0518. The molecular formula is C16H22N4O2. The molecular weight excluding hydrogens is 280 g/mol. The van der Waals surface area contributed by atoms with E-state index in [-0.39, 0.29) is 5.82 Å². The highest BCUT2D eigenvalue weighted by molar-refractivity contribution is 5.79. The molecule has 0 fully saturated rings. The van der Waals surface area contributed by atoms with E-state index < -0.39 is 11.7 Å². The predicted octanol–water partition coefficient (Wildman–Crippen LogP) is 2.98. The molecule has 0 bridgehead atoms. The fourth-order valence-corrected chi connectivity index (χ4v) is 1.98. The van der Waals surface area contributed by atoms with Crippen molar-refractivity contribution in [3.8, 4) is 11.3 Å². The van der Waals surface area contributed by atoms with Crippen LogP contribution in [0.15, 0.2) is 30.3 Å². The fourth-order valence-electron chi connectivity index (χ4n) is 1.98. The normalized spacial score (nSPS) is 11.3. The number of hydrogen-bond donors (Lipinski definition) is 1. The molecule has 0 aliphatic rings. The zero-order valence-corrected chi connectivity index (χ0v) is 13.6. The maximum atomic E-state index is 12.3. The predicted molar refractivity (Wildman–Crippen MR) is 88.0 cm³/mol. The monoisotopic (exact) mass is 302 g/mol. The molecule has 0 unspecified atom stereocenters. The van der Waals surface area contributed by atoms with Crippen LogP contribution in [-0.2, 0) is 4.74 Å². The van der Waals surface area contributed by atoms with E-state index in [9.17, 15) is 4.79 Å². The van der Waals surface area contributed by atoms with Crippen molar-refractivity contribution in [2.75, 3.05) is 24.7 Å². The summed E-state index contributed by atoms with van der Waals surface area (Å²) in [4.78, 5) is 14.3. The van der Waals surface area contributed by atoms with Gasteiger partial charge in [-0.15, -0.1) is 5.10 Å². The quantitative estimate of drug-likeness (QED) is 0.923. The summed E-state index contributed by atoms with van der Waals surface area (Å²) in [6.45, 7) is 5.43. The third-order valence-corrected chi connectivity index (χ3v) is 2.97. The molecule has 6 nitrogen and oxygen atoms in total. The average molecular weight is 302 g/mol. The number of ether oxygens (including phenoxy) is 1. The highest BCUT2D eigenvalue weighted by Crippen LogP contribution is 2.25. The number of benzene rings is 1. The van der Waals surface area contributed by atoms with E-state index >= 15 is 0 Å². The minimum atomic E-state index is -0.593. The van der Waals surface area contributed by atoms with Crippen LogP contribution in [0.5, 0.6) is 0 Å². The third kappa shape index (κ3) is 3.58. The van der Waals surface area contributed by atoms with Crippen molar-refractivity contribution in [2.24, 2.45) is 0 Å². The highest BCUT2D eigenvalue weighted by atomic mass is 16.6. The number of carbonyl (C=O) groups is 1. The number of anilines is 2. The maximum absolute atomic E-state index is 12.3. The molecule has 0 radical (unpaired) electrons. The van der Waals surface area contributed by atoms with Gasteiger partial charge in [-0.25, -0.2) is 4.79 Å².